The summed E-state index contributed by atoms with van der Waals surface area (Å²) >= 11 is 0. The minimum atomic E-state index is -1.05. The summed E-state index contributed by atoms with van der Waals surface area (Å²) in [7, 11) is 1.87. The highest BCUT2D eigenvalue weighted by molar-refractivity contribution is 6.38. The molecule has 1 heterocycles. The Hall–Kier alpha value is -4.22. The van der Waals surface area contributed by atoms with Crippen molar-refractivity contribution in [1.82, 2.24) is 30.8 Å². The van der Waals surface area contributed by atoms with E-state index < -0.39 is 53.0 Å². The van der Waals surface area contributed by atoms with Gasteiger partial charge in [-0.3, -0.25) is 24.0 Å². The number of amides is 4. The smallest absolute Gasteiger partial charge is 0.289 e. The van der Waals surface area contributed by atoms with Gasteiger partial charge in [0.15, 0.2) is 0 Å². The molecule has 0 saturated heterocycles. The van der Waals surface area contributed by atoms with Crippen molar-refractivity contribution in [3.05, 3.63) is 48.0 Å². The fraction of sp³-hybridized carbons (Fsp3) is 0.576. The van der Waals surface area contributed by atoms with Crippen molar-refractivity contribution in [2.45, 2.75) is 104 Å². The third kappa shape index (κ3) is 10.2. The van der Waals surface area contributed by atoms with Gasteiger partial charge < -0.3 is 30.6 Å². The van der Waals surface area contributed by atoms with Crippen LogP contribution >= 0.6 is 0 Å². The van der Waals surface area contributed by atoms with Crippen molar-refractivity contribution in [1.29, 1.82) is 0 Å². The lowest BCUT2D eigenvalue weighted by atomic mass is 9.85. The second kappa shape index (κ2) is 15.7. The highest BCUT2D eigenvalue weighted by atomic mass is 16.5. The van der Waals surface area contributed by atoms with Gasteiger partial charge >= 0.3 is 0 Å². The van der Waals surface area contributed by atoms with Gasteiger partial charge in [0.2, 0.25) is 17.6 Å². The summed E-state index contributed by atoms with van der Waals surface area (Å²) in [5.41, 5.74) is -0.369. The minimum Gasteiger partial charge on any atom is -0.486 e. The number of imidazole rings is 1. The summed E-state index contributed by atoms with van der Waals surface area (Å²) in [6.45, 7) is 10.6. The Labute approximate surface area is 265 Å². The topological polar surface area (TPSA) is 161 Å². The van der Waals surface area contributed by atoms with Gasteiger partial charge in [-0.05, 0) is 55.4 Å². The van der Waals surface area contributed by atoms with Crippen LogP contribution < -0.4 is 26.0 Å². The SMILES string of the molecule is CC(C)[C@H](NC(=O)[C@H](C)NC(=O)[C@@H](NC(=O)c1ccc(OCc2nccn2C)cc1)C(C)(C)C)C(=O)C(=O)NC1CCCCC1. The standard InChI is InChI=1S/C33H48N6O6/c1-20(2)26(27(40)31(43)36-23-11-9-8-10-12-23)37-29(41)21(3)35-32(44)28(33(4,5)6)38-30(42)22-13-15-24(16-14-22)45-19-25-34-17-18-39(25)7/h13-18,20-21,23,26,28H,8-12,19H2,1-7H3,(H,35,44)(H,36,43)(H,37,41)(H,38,42)/t21-,26-,28+/m0/s1. The van der Waals surface area contributed by atoms with Gasteiger partial charge in [0.05, 0.1) is 6.04 Å². The van der Waals surface area contributed by atoms with E-state index >= 15 is 0 Å². The first-order valence-electron chi connectivity index (χ1n) is 15.6. The first-order valence-corrected chi connectivity index (χ1v) is 15.6. The molecule has 2 aromatic rings. The molecule has 1 aliphatic carbocycles. The quantitative estimate of drug-likeness (QED) is 0.249. The molecule has 1 aromatic heterocycles. The van der Waals surface area contributed by atoms with Crippen LogP contribution in [0.5, 0.6) is 5.75 Å². The molecular formula is C33H48N6O6. The molecule has 12 heteroatoms. The molecule has 12 nitrogen and oxygen atoms in total. The maximum absolute atomic E-state index is 13.4. The van der Waals surface area contributed by atoms with Crippen molar-refractivity contribution < 1.29 is 28.7 Å². The highest BCUT2D eigenvalue weighted by Gasteiger charge is 2.36. The highest BCUT2D eigenvalue weighted by Crippen LogP contribution is 2.21. The van der Waals surface area contributed by atoms with E-state index in [1.54, 1.807) is 65.1 Å². The van der Waals surface area contributed by atoms with E-state index in [0.717, 1.165) is 37.9 Å². The number of ether oxygens (including phenoxy) is 1. The zero-order valence-corrected chi connectivity index (χ0v) is 27.4. The molecule has 1 saturated carbocycles. The number of Topliss-reactive ketones (excluding diaryl/α,β-unsaturated/α-hetero) is 1. The zero-order valence-electron chi connectivity index (χ0n) is 27.4. The maximum Gasteiger partial charge on any atom is 0.289 e. The molecule has 0 aliphatic heterocycles. The molecule has 0 spiro atoms. The van der Waals surface area contributed by atoms with E-state index in [1.807, 2.05) is 17.8 Å². The molecule has 1 aromatic carbocycles. The van der Waals surface area contributed by atoms with E-state index in [1.165, 1.54) is 6.92 Å². The third-order valence-electron chi connectivity index (χ3n) is 7.97. The summed E-state index contributed by atoms with van der Waals surface area (Å²) in [5.74, 6) is -2.09. The van der Waals surface area contributed by atoms with E-state index in [2.05, 4.69) is 26.3 Å². The van der Waals surface area contributed by atoms with Gasteiger partial charge in [-0.1, -0.05) is 53.9 Å². The van der Waals surface area contributed by atoms with E-state index in [4.69, 9.17) is 4.74 Å². The van der Waals surface area contributed by atoms with Crippen LogP contribution in [-0.2, 0) is 32.8 Å². The third-order valence-corrected chi connectivity index (χ3v) is 7.97. The van der Waals surface area contributed by atoms with Gasteiger partial charge in [-0.2, -0.15) is 0 Å². The first kappa shape index (κ1) is 35.3. The molecule has 1 fully saturated rings. The number of nitrogens with one attached hydrogen (secondary N) is 4. The van der Waals surface area contributed by atoms with Gasteiger partial charge in [0.25, 0.3) is 11.8 Å². The van der Waals surface area contributed by atoms with Gasteiger partial charge in [-0.15, -0.1) is 0 Å². The average molecular weight is 625 g/mol. The molecule has 0 unspecified atom stereocenters. The lowest BCUT2D eigenvalue weighted by Crippen LogP contribution is -2.59. The number of hydrogen-bond donors (Lipinski definition) is 4. The second-order valence-corrected chi connectivity index (χ2v) is 13.2. The summed E-state index contributed by atoms with van der Waals surface area (Å²) in [6, 6.07) is 3.43. The molecule has 1 aliphatic rings. The van der Waals surface area contributed by atoms with Crippen LogP contribution in [0.3, 0.4) is 0 Å². The van der Waals surface area contributed by atoms with Crippen molar-refractivity contribution >= 4 is 29.4 Å². The van der Waals surface area contributed by atoms with Crippen molar-refractivity contribution in [2.75, 3.05) is 0 Å². The second-order valence-electron chi connectivity index (χ2n) is 13.2. The fourth-order valence-electron chi connectivity index (χ4n) is 5.10. The molecule has 4 N–H and O–H groups in total. The fourth-order valence-corrected chi connectivity index (χ4v) is 5.10. The summed E-state index contributed by atoms with van der Waals surface area (Å²) in [5, 5.41) is 10.9. The molecule has 3 atom stereocenters. The van der Waals surface area contributed by atoms with Crippen LogP contribution in [0.4, 0.5) is 0 Å². The summed E-state index contributed by atoms with van der Waals surface area (Å²) in [4.78, 5) is 69.5. The predicted octanol–water partition coefficient (Wildman–Crippen LogP) is 2.81. The van der Waals surface area contributed by atoms with Crippen molar-refractivity contribution in [3.63, 3.8) is 0 Å². The number of aromatic nitrogens is 2. The number of nitrogens with zero attached hydrogens (tertiary/aromatic N) is 2. The Morgan fingerprint density at radius 3 is 2.13 bits per heavy atom. The van der Waals surface area contributed by atoms with E-state index in [-0.39, 0.29) is 18.6 Å². The number of carbonyl (C=O) groups is 5. The number of aryl methyl sites for hydroxylation is 1. The monoisotopic (exact) mass is 624 g/mol. The van der Waals surface area contributed by atoms with Crippen LogP contribution in [0.1, 0.15) is 89.8 Å². The molecular weight excluding hydrogens is 576 g/mol. The summed E-state index contributed by atoms with van der Waals surface area (Å²) < 4.78 is 7.60. The van der Waals surface area contributed by atoms with Crippen LogP contribution in [0.25, 0.3) is 0 Å². The number of ketones is 1. The Balaban J connectivity index is 1.58. The van der Waals surface area contributed by atoms with Gasteiger partial charge in [0, 0.05) is 31.0 Å². The number of hydrogen-bond acceptors (Lipinski definition) is 7. The van der Waals surface area contributed by atoms with Crippen LogP contribution in [0, 0.1) is 11.3 Å². The number of carbonyl (C=O) groups excluding carboxylic acids is 5. The Bertz CT molecular complexity index is 1340. The molecule has 3 rings (SSSR count). The lowest BCUT2D eigenvalue weighted by molar-refractivity contribution is -0.141. The largest absolute Gasteiger partial charge is 0.486 e. The van der Waals surface area contributed by atoms with Crippen LogP contribution in [0.2, 0.25) is 0 Å². The maximum atomic E-state index is 13.4. The summed E-state index contributed by atoms with van der Waals surface area (Å²) in [6.07, 6.45) is 8.30. The number of benzene rings is 1. The van der Waals surface area contributed by atoms with E-state index in [0.29, 0.717) is 11.3 Å². The minimum absolute atomic E-state index is 0.0372. The van der Waals surface area contributed by atoms with Gasteiger partial charge in [0.1, 0.15) is 30.3 Å². The van der Waals surface area contributed by atoms with Crippen LogP contribution in [0.15, 0.2) is 36.7 Å². The molecule has 246 valence electrons. The predicted molar refractivity (Wildman–Crippen MR) is 169 cm³/mol. The van der Waals surface area contributed by atoms with Gasteiger partial charge in [-0.25, -0.2) is 4.98 Å². The Kier molecular flexibility index (Phi) is 12.3. The molecule has 0 bridgehead atoms. The number of rotatable bonds is 13. The zero-order chi connectivity index (χ0) is 33.3. The van der Waals surface area contributed by atoms with Crippen LogP contribution in [-0.4, -0.2) is 63.1 Å². The van der Waals surface area contributed by atoms with Crippen molar-refractivity contribution in [2.24, 2.45) is 18.4 Å². The molecule has 45 heavy (non-hydrogen) atoms. The lowest BCUT2D eigenvalue weighted by Gasteiger charge is -2.31. The Morgan fingerprint density at radius 1 is 0.933 bits per heavy atom. The Morgan fingerprint density at radius 2 is 1.58 bits per heavy atom. The normalized spacial score (nSPS) is 15.8. The molecule has 0 radical (unpaired) electrons. The average Bonchev–Trinajstić information content (AvgIpc) is 3.41. The first-order chi connectivity index (χ1) is 21.2. The van der Waals surface area contributed by atoms with E-state index in [9.17, 15) is 24.0 Å². The van der Waals surface area contributed by atoms with Crippen molar-refractivity contribution in [3.8, 4) is 5.75 Å². The molecule has 4 amide bonds.